The second-order valence-electron chi connectivity index (χ2n) is 3.97. The molecule has 0 aliphatic rings. The fourth-order valence-corrected chi connectivity index (χ4v) is 2.06. The quantitative estimate of drug-likeness (QED) is 0.846. The topological polar surface area (TPSA) is 61.3 Å². The van der Waals surface area contributed by atoms with E-state index in [0.29, 0.717) is 13.2 Å². The van der Waals surface area contributed by atoms with Gasteiger partial charge in [-0.05, 0) is 23.8 Å². The fourth-order valence-electron chi connectivity index (χ4n) is 2.06. The number of ether oxygens (including phenoxy) is 1. The van der Waals surface area contributed by atoms with Crippen LogP contribution in [0, 0.1) is 0 Å². The van der Waals surface area contributed by atoms with Crippen molar-refractivity contribution >= 4 is 10.8 Å². The van der Waals surface area contributed by atoms with E-state index in [1.165, 1.54) is 0 Å². The van der Waals surface area contributed by atoms with Crippen LogP contribution < -0.4 is 16.2 Å². The van der Waals surface area contributed by atoms with Gasteiger partial charge in [-0.1, -0.05) is 30.3 Å². The number of hydrogen-bond donors (Lipinski definition) is 2. The van der Waals surface area contributed by atoms with Crippen molar-refractivity contribution in [3.05, 3.63) is 42.0 Å². The van der Waals surface area contributed by atoms with Gasteiger partial charge in [0, 0.05) is 18.2 Å². The molecular formula is C14H18N2O. The van der Waals surface area contributed by atoms with E-state index in [1.54, 1.807) is 0 Å². The maximum Gasteiger partial charge on any atom is 0.124 e. The van der Waals surface area contributed by atoms with Crippen molar-refractivity contribution in [1.82, 2.24) is 0 Å². The van der Waals surface area contributed by atoms with Crippen molar-refractivity contribution in [2.45, 2.75) is 13.0 Å². The summed E-state index contributed by atoms with van der Waals surface area (Å²) in [5.74, 6) is 0.837. The monoisotopic (exact) mass is 230 g/mol. The van der Waals surface area contributed by atoms with Crippen LogP contribution in [0.2, 0.25) is 0 Å². The molecule has 0 spiro atoms. The Morgan fingerprint density at radius 3 is 2.65 bits per heavy atom. The van der Waals surface area contributed by atoms with Gasteiger partial charge in [-0.2, -0.15) is 0 Å². The SMILES string of the molecule is CCOc1ccc2ccccc2c1[C@H](N)CN. The summed E-state index contributed by atoms with van der Waals surface area (Å²) in [6.07, 6.45) is 0. The van der Waals surface area contributed by atoms with E-state index in [0.717, 1.165) is 22.1 Å². The van der Waals surface area contributed by atoms with Crippen molar-refractivity contribution in [2.75, 3.05) is 13.2 Å². The average molecular weight is 230 g/mol. The molecule has 0 aliphatic heterocycles. The molecule has 0 amide bonds. The van der Waals surface area contributed by atoms with E-state index in [9.17, 15) is 0 Å². The zero-order valence-electron chi connectivity index (χ0n) is 10.0. The van der Waals surface area contributed by atoms with Gasteiger partial charge in [-0.25, -0.2) is 0 Å². The zero-order chi connectivity index (χ0) is 12.3. The molecule has 0 bridgehead atoms. The molecule has 0 saturated heterocycles. The standard InChI is InChI=1S/C14H18N2O/c1-2-17-13-8-7-10-5-3-4-6-11(10)14(13)12(16)9-15/h3-8,12H,2,9,15-16H2,1H3/t12-/m1/s1. The van der Waals surface area contributed by atoms with Crippen LogP contribution in [0.4, 0.5) is 0 Å². The second kappa shape index (κ2) is 5.17. The summed E-state index contributed by atoms with van der Waals surface area (Å²) in [5.41, 5.74) is 12.8. The van der Waals surface area contributed by atoms with Crippen LogP contribution in [0.1, 0.15) is 18.5 Å². The fraction of sp³-hybridized carbons (Fsp3) is 0.286. The lowest BCUT2D eigenvalue weighted by Crippen LogP contribution is -2.21. The van der Waals surface area contributed by atoms with E-state index in [-0.39, 0.29) is 6.04 Å². The highest BCUT2D eigenvalue weighted by molar-refractivity contribution is 5.88. The first kappa shape index (κ1) is 11.9. The van der Waals surface area contributed by atoms with Gasteiger partial charge < -0.3 is 16.2 Å². The summed E-state index contributed by atoms with van der Waals surface area (Å²) in [7, 11) is 0. The van der Waals surface area contributed by atoms with E-state index in [1.807, 2.05) is 31.2 Å². The maximum absolute atomic E-state index is 6.09. The Bertz CT molecular complexity index is 511. The third kappa shape index (κ3) is 2.25. The van der Waals surface area contributed by atoms with Crippen molar-refractivity contribution in [2.24, 2.45) is 11.5 Å². The van der Waals surface area contributed by atoms with Gasteiger partial charge in [0.1, 0.15) is 5.75 Å². The molecule has 2 aromatic rings. The van der Waals surface area contributed by atoms with E-state index < -0.39 is 0 Å². The van der Waals surface area contributed by atoms with Crippen molar-refractivity contribution in [1.29, 1.82) is 0 Å². The Kier molecular flexibility index (Phi) is 3.61. The molecule has 2 aromatic carbocycles. The normalized spacial score (nSPS) is 12.6. The lowest BCUT2D eigenvalue weighted by molar-refractivity contribution is 0.335. The summed E-state index contributed by atoms with van der Waals surface area (Å²) in [6.45, 7) is 3.00. The molecule has 90 valence electrons. The molecule has 0 heterocycles. The predicted molar refractivity (Wildman–Crippen MR) is 71.1 cm³/mol. The molecule has 3 nitrogen and oxygen atoms in total. The first-order chi connectivity index (χ1) is 8.27. The van der Waals surface area contributed by atoms with E-state index in [4.69, 9.17) is 16.2 Å². The third-order valence-electron chi connectivity index (χ3n) is 2.86. The molecule has 0 fully saturated rings. The Morgan fingerprint density at radius 1 is 1.18 bits per heavy atom. The van der Waals surface area contributed by atoms with E-state index in [2.05, 4.69) is 12.1 Å². The number of rotatable bonds is 4. The summed E-state index contributed by atoms with van der Waals surface area (Å²) < 4.78 is 5.63. The Balaban J connectivity index is 2.65. The Hall–Kier alpha value is -1.58. The number of fused-ring (bicyclic) bond motifs is 1. The zero-order valence-corrected chi connectivity index (χ0v) is 10.0. The van der Waals surface area contributed by atoms with Crippen molar-refractivity contribution in [3.8, 4) is 5.75 Å². The van der Waals surface area contributed by atoms with Crippen LogP contribution >= 0.6 is 0 Å². The molecule has 17 heavy (non-hydrogen) atoms. The Labute approximate surface area is 101 Å². The van der Waals surface area contributed by atoms with Crippen LogP contribution in [0.3, 0.4) is 0 Å². The number of nitrogens with two attached hydrogens (primary N) is 2. The summed E-state index contributed by atoms with van der Waals surface area (Å²) in [5, 5.41) is 2.28. The molecule has 0 radical (unpaired) electrons. The molecular weight excluding hydrogens is 212 g/mol. The van der Waals surface area contributed by atoms with Crippen molar-refractivity contribution < 1.29 is 4.74 Å². The van der Waals surface area contributed by atoms with Crippen LogP contribution in [0.25, 0.3) is 10.8 Å². The maximum atomic E-state index is 6.09. The van der Waals surface area contributed by atoms with Gasteiger partial charge in [0.15, 0.2) is 0 Å². The van der Waals surface area contributed by atoms with Crippen molar-refractivity contribution in [3.63, 3.8) is 0 Å². The molecule has 4 N–H and O–H groups in total. The van der Waals surface area contributed by atoms with Gasteiger partial charge >= 0.3 is 0 Å². The largest absolute Gasteiger partial charge is 0.494 e. The van der Waals surface area contributed by atoms with Gasteiger partial charge in [0.05, 0.1) is 6.61 Å². The lowest BCUT2D eigenvalue weighted by Gasteiger charge is -2.17. The minimum Gasteiger partial charge on any atom is -0.494 e. The number of hydrogen-bond acceptors (Lipinski definition) is 3. The highest BCUT2D eigenvalue weighted by Gasteiger charge is 2.14. The molecule has 1 atom stereocenters. The summed E-state index contributed by atoms with van der Waals surface area (Å²) >= 11 is 0. The van der Waals surface area contributed by atoms with Crippen LogP contribution in [-0.2, 0) is 0 Å². The van der Waals surface area contributed by atoms with Gasteiger partial charge in [-0.15, -0.1) is 0 Å². The molecule has 0 unspecified atom stereocenters. The second-order valence-corrected chi connectivity index (χ2v) is 3.97. The third-order valence-corrected chi connectivity index (χ3v) is 2.86. The van der Waals surface area contributed by atoms with Crippen LogP contribution in [-0.4, -0.2) is 13.2 Å². The summed E-state index contributed by atoms with van der Waals surface area (Å²) in [6, 6.07) is 12.0. The average Bonchev–Trinajstić information content (AvgIpc) is 2.38. The molecule has 0 aliphatic carbocycles. The van der Waals surface area contributed by atoms with Gasteiger partial charge in [0.2, 0.25) is 0 Å². The van der Waals surface area contributed by atoms with Crippen LogP contribution in [0.5, 0.6) is 5.75 Å². The van der Waals surface area contributed by atoms with Gasteiger partial charge in [-0.3, -0.25) is 0 Å². The van der Waals surface area contributed by atoms with Crippen LogP contribution in [0.15, 0.2) is 36.4 Å². The van der Waals surface area contributed by atoms with Gasteiger partial charge in [0.25, 0.3) is 0 Å². The first-order valence-corrected chi connectivity index (χ1v) is 5.88. The smallest absolute Gasteiger partial charge is 0.124 e. The molecule has 2 rings (SSSR count). The number of benzene rings is 2. The highest BCUT2D eigenvalue weighted by Crippen LogP contribution is 2.31. The van der Waals surface area contributed by atoms with E-state index >= 15 is 0 Å². The highest BCUT2D eigenvalue weighted by atomic mass is 16.5. The summed E-state index contributed by atoms with van der Waals surface area (Å²) in [4.78, 5) is 0. The minimum atomic E-state index is -0.192. The minimum absolute atomic E-state index is 0.192. The lowest BCUT2D eigenvalue weighted by atomic mass is 9.98. The predicted octanol–water partition coefficient (Wildman–Crippen LogP) is 2.20. The molecule has 0 saturated carbocycles. The molecule has 0 aromatic heterocycles. The first-order valence-electron chi connectivity index (χ1n) is 5.88. The molecule has 3 heteroatoms. The Morgan fingerprint density at radius 2 is 1.94 bits per heavy atom.